The summed E-state index contributed by atoms with van der Waals surface area (Å²) in [6.45, 7) is 1.48. The molecule has 1 saturated heterocycles. The standard InChI is InChI=1S/C21H28N2O7S/c1-14(23-19(24)17-6-4-5-7-18(17)20(23)25)21(26)30-13-12-29-15-8-10-16(11-9-15)31(27,28)22(2)3/h8-11,14,17-18H,4-7,12-13H2,1-3H3/t14-,17-,18+/m1/s1. The Labute approximate surface area is 182 Å². The minimum Gasteiger partial charge on any atom is -0.490 e. The predicted molar refractivity (Wildman–Crippen MR) is 111 cm³/mol. The first-order chi connectivity index (χ1) is 14.6. The van der Waals surface area contributed by atoms with Gasteiger partial charge in [-0.05, 0) is 44.0 Å². The molecule has 1 aliphatic carbocycles. The molecule has 170 valence electrons. The molecule has 0 aromatic heterocycles. The van der Waals surface area contributed by atoms with Crippen LogP contribution in [0.25, 0.3) is 0 Å². The molecule has 3 rings (SSSR count). The van der Waals surface area contributed by atoms with Crippen molar-refractivity contribution in [3.63, 3.8) is 0 Å². The van der Waals surface area contributed by atoms with E-state index in [9.17, 15) is 22.8 Å². The molecule has 2 amide bonds. The Balaban J connectivity index is 1.48. The van der Waals surface area contributed by atoms with Crippen molar-refractivity contribution in [2.75, 3.05) is 27.3 Å². The van der Waals surface area contributed by atoms with Crippen LogP contribution < -0.4 is 4.74 Å². The van der Waals surface area contributed by atoms with Crippen LogP contribution in [0.1, 0.15) is 32.6 Å². The molecule has 1 aromatic rings. The van der Waals surface area contributed by atoms with Crippen LogP contribution in [-0.2, 0) is 29.1 Å². The first-order valence-corrected chi connectivity index (χ1v) is 11.8. The van der Waals surface area contributed by atoms with E-state index in [1.807, 2.05) is 0 Å². The van der Waals surface area contributed by atoms with Gasteiger partial charge < -0.3 is 9.47 Å². The number of nitrogens with zero attached hydrogens (tertiary/aromatic N) is 2. The molecule has 31 heavy (non-hydrogen) atoms. The second kappa shape index (κ2) is 9.35. The lowest BCUT2D eigenvalue weighted by molar-refractivity contribution is -0.158. The average molecular weight is 453 g/mol. The van der Waals surface area contributed by atoms with E-state index in [4.69, 9.17) is 9.47 Å². The number of rotatable bonds is 8. The lowest BCUT2D eigenvalue weighted by Gasteiger charge is -2.21. The van der Waals surface area contributed by atoms with Crippen LogP contribution in [0.5, 0.6) is 5.75 Å². The summed E-state index contributed by atoms with van der Waals surface area (Å²) in [6.07, 6.45) is 3.23. The Morgan fingerprint density at radius 1 is 1.06 bits per heavy atom. The summed E-state index contributed by atoms with van der Waals surface area (Å²) in [5, 5.41) is 0. The van der Waals surface area contributed by atoms with Gasteiger partial charge in [-0.25, -0.2) is 17.5 Å². The molecular formula is C21H28N2O7S. The molecule has 3 atom stereocenters. The third-order valence-corrected chi connectivity index (χ3v) is 7.63. The molecule has 0 radical (unpaired) electrons. The molecule has 2 aliphatic rings. The van der Waals surface area contributed by atoms with Crippen LogP contribution >= 0.6 is 0 Å². The van der Waals surface area contributed by atoms with Crippen LogP contribution in [0, 0.1) is 11.8 Å². The highest BCUT2D eigenvalue weighted by Gasteiger charge is 2.51. The molecule has 0 spiro atoms. The van der Waals surface area contributed by atoms with Gasteiger partial charge in [0.1, 0.15) is 25.0 Å². The highest BCUT2D eigenvalue weighted by Crippen LogP contribution is 2.38. The van der Waals surface area contributed by atoms with Crippen LogP contribution in [-0.4, -0.2) is 68.8 Å². The Morgan fingerprint density at radius 2 is 1.61 bits per heavy atom. The molecule has 1 heterocycles. The van der Waals surface area contributed by atoms with Gasteiger partial charge in [0.25, 0.3) is 0 Å². The highest BCUT2D eigenvalue weighted by molar-refractivity contribution is 7.89. The third-order valence-electron chi connectivity index (χ3n) is 5.80. The molecule has 0 N–H and O–H groups in total. The molecule has 1 aliphatic heterocycles. The van der Waals surface area contributed by atoms with E-state index in [1.165, 1.54) is 45.3 Å². The van der Waals surface area contributed by atoms with Gasteiger partial charge in [0, 0.05) is 14.1 Å². The van der Waals surface area contributed by atoms with Gasteiger partial charge in [-0.2, -0.15) is 0 Å². The van der Waals surface area contributed by atoms with E-state index in [0.29, 0.717) is 18.6 Å². The number of sulfonamides is 1. The number of carbonyl (C=O) groups excluding carboxylic acids is 3. The molecule has 1 aromatic carbocycles. The SMILES string of the molecule is C[C@H](C(=O)OCCOc1ccc(S(=O)(=O)N(C)C)cc1)N1C(=O)[C@H]2CCCC[C@H]2C1=O. The van der Waals surface area contributed by atoms with Gasteiger partial charge in [-0.1, -0.05) is 12.8 Å². The van der Waals surface area contributed by atoms with E-state index >= 15 is 0 Å². The van der Waals surface area contributed by atoms with Gasteiger partial charge in [0.2, 0.25) is 21.8 Å². The van der Waals surface area contributed by atoms with Gasteiger partial charge >= 0.3 is 5.97 Å². The van der Waals surface area contributed by atoms with Crippen molar-refractivity contribution < 1.29 is 32.3 Å². The number of carbonyl (C=O) groups is 3. The maximum atomic E-state index is 12.6. The fraction of sp³-hybridized carbons (Fsp3) is 0.571. The number of ether oxygens (including phenoxy) is 2. The number of likely N-dealkylation sites (tertiary alicyclic amines) is 1. The number of hydrogen-bond donors (Lipinski definition) is 0. The van der Waals surface area contributed by atoms with Crippen LogP contribution in [0.3, 0.4) is 0 Å². The maximum Gasteiger partial charge on any atom is 0.329 e. The molecule has 0 bridgehead atoms. The highest BCUT2D eigenvalue weighted by atomic mass is 32.2. The van der Waals surface area contributed by atoms with Crippen LogP contribution in [0.4, 0.5) is 0 Å². The van der Waals surface area contributed by atoms with Crippen molar-refractivity contribution in [2.24, 2.45) is 11.8 Å². The topological polar surface area (TPSA) is 110 Å². The molecule has 1 saturated carbocycles. The van der Waals surface area contributed by atoms with Crippen LogP contribution in [0.2, 0.25) is 0 Å². The molecule has 2 fully saturated rings. The first kappa shape index (κ1) is 23.2. The number of fused-ring (bicyclic) bond motifs is 1. The van der Waals surface area contributed by atoms with Gasteiger partial charge in [-0.15, -0.1) is 0 Å². The number of benzene rings is 1. The van der Waals surface area contributed by atoms with E-state index in [0.717, 1.165) is 22.0 Å². The fourth-order valence-corrected chi connectivity index (χ4v) is 4.92. The minimum atomic E-state index is -3.52. The zero-order valence-corrected chi connectivity index (χ0v) is 18.8. The summed E-state index contributed by atoms with van der Waals surface area (Å²) in [7, 11) is -0.615. The van der Waals surface area contributed by atoms with Crippen molar-refractivity contribution in [2.45, 2.75) is 43.5 Å². The monoisotopic (exact) mass is 452 g/mol. The summed E-state index contributed by atoms with van der Waals surface area (Å²) in [5.41, 5.74) is 0. The van der Waals surface area contributed by atoms with Crippen molar-refractivity contribution in [3.05, 3.63) is 24.3 Å². The number of amides is 2. The summed E-state index contributed by atoms with van der Waals surface area (Å²) in [4.78, 5) is 38.7. The quantitative estimate of drug-likeness (QED) is 0.333. The van der Waals surface area contributed by atoms with Crippen LogP contribution in [0.15, 0.2) is 29.2 Å². The van der Waals surface area contributed by atoms with Gasteiger partial charge in [-0.3, -0.25) is 14.5 Å². The van der Waals surface area contributed by atoms with E-state index in [1.54, 1.807) is 0 Å². The van der Waals surface area contributed by atoms with Gasteiger partial charge in [0.05, 0.1) is 16.7 Å². The van der Waals surface area contributed by atoms with Crippen molar-refractivity contribution in [1.29, 1.82) is 0 Å². The lowest BCUT2D eigenvalue weighted by Crippen LogP contribution is -2.44. The molecule has 9 nitrogen and oxygen atoms in total. The molecule has 10 heteroatoms. The molecule has 0 unspecified atom stereocenters. The second-order valence-electron chi connectivity index (χ2n) is 7.99. The van der Waals surface area contributed by atoms with Crippen molar-refractivity contribution >= 4 is 27.8 Å². The second-order valence-corrected chi connectivity index (χ2v) is 10.1. The third kappa shape index (κ3) is 4.74. The summed E-state index contributed by atoms with van der Waals surface area (Å²) in [5.74, 6) is -1.39. The zero-order valence-electron chi connectivity index (χ0n) is 17.9. The van der Waals surface area contributed by atoms with Crippen molar-refractivity contribution in [3.8, 4) is 5.75 Å². The van der Waals surface area contributed by atoms with E-state index in [2.05, 4.69) is 0 Å². The minimum absolute atomic E-state index is 0.0470. The predicted octanol–water partition coefficient (Wildman–Crippen LogP) is 1.42. The first-order valence-electron chi connectivity index (χ1n) is 10.3. The molecular weight excluding hydrogens is 424 g/mol. The zero-order chi connectivity index (χ0) is 22.8. The van der Waals surface area contributed by atoms with E-state index in [-0.39, 0.29) is 41.8 Å². The Morgan fingerprint density at radius 3 is 2.13 bits per heavy atom. The fourth-order valence-electron chi connectivity index (χ4n) is 4.02. The summed E-state index contributed by atoms with van der Waals surface area (Å²) in [6, 6.07) is 4.93. The Kier molecular flexibility index (Phi) is 7.00. The lowest BCUT2D eigenvalue weighted by atomic mass is 9.81. The summed E-state index contributed by atoms with van der Waals surface area (Å²) < 4.78 is 35.9. The largest absolute Gasteiger partial charge is 0.490 e. The number of hydrogen-bond acceptors (Lipinski definition) is 7. The smallest absolute Gasteiger partial charge is 0.329 e. The van der Waals surface area contributed by atoms with Crippen molar-refractivity contribution in [1.82, 2.24) is 9.21 Å². The van der Waals surface area contributed by atoms with E-state index < -0.39 is 22.0 Å². The normalized spacial score (nSPS) is 22.4. The summed E-state index contributed by atoms with van der Waals surface area (Å²) >= 11 is 0. The maximum absolute atomic E-state index is 12.6. The average Bonchev–Trinajstić information content (AvgIpc) is 3.01. The Bertz CT molecular complexity index is 919. The number of imide groups is 1. The number of esters is 1. The van der Waals surface area contributed by atoms with Gasteiger partial charge in [0.15, 0.2) is 0 Å². The Hall–Kier alpha value is -2.46.